The Bertz CT molecular complexity index is 1110. The Kier molecular flexibility index (Phi) is 3.08. The topological polar surface area (TPSA) is 89.6 Å². The molecule has 0 bridgehead atoms. The predicted octanol–water partition coefficient (Wildman–Crippen LogP) is 3.02. The van der Waals surface area contributed by atoms with Crippen LogP contribution in [-0.4, -0.2) is 25.9 Å². The van der Waals surface area contributed by atoms with Crippen LogP contribution in [0.2, 0.25) is 0 Å². The Balaban J connectivity index is 2.00. The summed E-state index contributed by atoms with van der Waals surface area (Å²) >= 11 is 0. The number of halogens is 3. The van der Waals surface area contributed by atoms with E-state index in [0.717, 1.165) is 12.1 Å². The molecule has 0 spiro atoms. The highest BCUT2D eigenvalue weighted by molar-refractivity contribution is 6.12. The van der Waals surface area contributed by atoms with Gasteiger partial charge in [0.1, 0.15) is 5.69 Å². The summed E-state index contributed by atoms with van der Waals surface area (Å²) in [5.74, 6) is -0.678. The summed E-state index contributed by atoms with van der Waals surface area (Å²) in [6.45, 7) is 0. The number of aromatic amines is 1. The molecule has 6 nitrogen and oxygen atoms in total. The van der Waals surface area contributed by atoms with Gasteiger partial charge < -0.3 is 5.73 Å². The second-order valence-electron chi connectivity index (χ2n) is 5.47. The van der Waals surface area contributed by atoms with Crippen LogP contribution < -0.4 is 5.73 Å². The van der Waals surface area contributed by atoms with Gasteiger partial charge in [0.2, 0.25) is 0 Å². The quantitative estimate of drug-likeness (QED) is 0.585. The molecule has 3 N–H and O–H groups in total. The summed E-state index contributed by atoms with van der Waals surface area (Å²) in [5, 5.41) is 11.8. The summed E-state index contributed by atoms with van der Waals surface area (Å²) in [5.41, 5.74) is 6.38. The zero-order valence-electron chi connectivity index (χ0n) is 12.5. The standard InChI is InChI=1S/C16H10F3N5O/c17-16(18,19)8-1-3-9(4-2-8)24-14-10(13(23-24)15(20)25)5-6-12-11(14)7-21-22-12/h1-7,23H,(H2,20,25). The van der Waals surface area contributed by atoms with E-state index in [0.29, 0.717) is 27.5 Å². The van der Waals surface area contributed by atoms with Crippen molar-refractivity contribution < 1.29 is 18.0 Å². The van der Waals surface area contributed by atoms with Crippen molar-refractivity contribution in [3.05, 3.63) is 53.9 Å². The number of nitrogens with two attached hydrogens (primary N) is 1. The van der Waals surface area contributed by atoms with Crippen molar-refractivity contribution in [2.24, 2.45) is 5.73 Å². The number of primary amides is 1. The first kappa shape index (κ1) is 15.2. The molecule has 0 saturated carbocycles. The van der Waals surface area contributed by atoms with E-state index >= 15 is 0 Å². The molecule has 2 aromatic carbocycles. The first-order valence-corrected chi connectivity index (χ1v) is 7.18. The molecule has 4 aromatic rings. The molecule has 0 radical (unpaired) electrons. The lowest BCUT2D eigenvalue weighted by Gasteiger charge is -2.09. The molecular formula is C16H10F3N5O. The largest absolute Gasteiger partial charge is 0.416 e. The summed E-state index contributed by atoms with van der Waals surface area (Å²) in [6, 6.07) is 7.94. The molecule has 0 aliphatic rings. The Morgan fingerprint density at radius 3 is 2.44 bits per heavy atom. The number of fused-ring (bicyclic) bond motifs is 3. The highest BCUT2D eigenvalue weighted by Gasteiger charge is 2.30. The zero-order valence-corrected chi connectivity index (χ0v) is 12.5. The monoisotopic (exact) mass is 345 g/mol. The molecule has 2 heterocycles. The molecule has 25 heavy (non-hydrogen) atoms. The Labute approximate surface area is 138 Å². The summed E-state index contributed by atoms with van der Waals surface area (Å²) in [7, 11) is 0. The molecule has 1 amide bonds. The van der Waals surface area contributed by atoms with E-state index in [2.05, 4.69) is 15.3 Å². The summed E-state index contributed by atoms with van der Waals surface area (Å²) < 4.78 is 39.8. The van der Waals surface area contributed by atoms with Crippen LogP contribution in [0.25, 0.3) is 27.5 Å². The molecule has 2 aromatic heterocycles. The van der Waals surface area contributed by atoms with E-state index < -0.39 is 17.6 Å². The number of hydrogen-bond donors (Lipinski definition) is 2. The lowest BCUT2D eigenvalue weighted by atomic mass is 10.1. The van der Waals surface area contributed by atoms with Crippen molar-refractivity contribution in [3.63, 3.8) is 0 Å². The average Bonchev–Trinajstić information content (AvgIpc) is 3.18. The maximum Gasteiger partial charge on any atom is 0.416 e. The van der Waals surface area contributed by atoms with Crippen LogP contribution >= 0.6 is 0 Å². The first-order valence-electron chi connectivity index (χ1n) is 7.18. The fraction of sp³-hybridized carbons (Fsp3) is 0.0625. The minimum atomic E-state index is -4.42. The third-order valence-electron chi connectivity index (χ3n) is 3.96. The van der Waals surface area contributed by atoms with Gasteiger partial charge in [-0.2, -0.15) is 23.4 Å². The van der Waals surface area contributed by atoms with Crippen molar-refractivity contribution in [1.29, 1.82) is 0 Å². The van der Waals surface area contributed by atoms with Crippen LogP contribution in [0.1, 0.15) is 16.1 Å². The highest BCUT2D eigenvalue weighted by Crippen LogP contribution is 2.32. The molecule has 0 saturated heterocycles. The summed E-state index contributed by atoms with van der Waals surface area (Å²) in [4.78, 5) is 11.7. The number of H-pyrrole nitrogens is 1. The number of amides is 1. The minimum Gasteiger partial charge on any atom is -0.364 e. The van der Waals surface area contributed by atoms with E-state index in [-0.39, 0.29) is 5.69 Å². The molecule has 126 valence electrons. The maximum absolute atomic E-state index is 12.8. The predicted molar refractivity (Wildman–Crippen MR) is 84.2 cm³/mol. The smallest absolute Gasteiger partial charge is 0.364 e. The summed E-state index contributed by atoms with van der Waals surface area (Å²) in [6.07, 6.45) is -2.90. The Morgan fingerprint density at radius 2 is 1.80 bits per heavy atom. The lowest BCUT2D eigenvalue weighted by molar-refractivity contribution is -0.137. The number of aromatic nitrogens is 4. The number of carbonyl (C=O) groups excluding carboxylic acids is 1. The maximum atomic E-state index is 12.8. The molecule has 0 atom stereocenters. The van der Waals surface area contributed by atoms with E-state index in [1.165, 1.54) is 23.0 Å². The fourth-order valence-electron chi connectivity index (χ4n) is 2.81. The minimum absolute atomic E-state index is 0.151. The zero-order chi connectivity index (χ0) is 17.8. The van der Waals surface area contributed by atoms with Gasteiger partial charge in [-0.15, -0.1) is 0 Å². The number of hydrogen-bond acceptors (Lipinski definition) is 3. The molecular weight excluding hydrogens is 335 g/mol. The molecule has 0 fully saturated rings. The highest BCUT2D eigenvalue weighted by atomic mass is 19.4. The van der Waals surface area contributed by atoms with Crippen molar-refractivity contribution in [3.8, 4) is 5.69 Å². The number of alkyl halides is 3. The van der Waals surface area contributed by atoms with Crippen LogP contribution in [0.15, 0.2) is 42.6 Å². The first-order chi connectivity index (χ1) is 11.9. The molecule has 4 rings (SSSR count). The van der Waals surface area contributed by atoms with Crippen LogP contribution in [0.4, 0.5) is 13.2 Å². The van der Waals surface area contributed by atoms with Crippen LogP contribution in [-0.2, 0) is 6.18 Å². The lowest BCUT2D eigenvalue weighted by Crippen LogP contribution is -2.12. The van der Waals surface area contributed by atoms with Gasteiger partial charge in [-0.1, -0.05) is 0 Å². The second-order valence-corrected chi connectivity index (χ2v) is 5.47. The second kappa shape index (κ2) is 5.07. The van der Waals surface area contributed by atoms with E-state index in [1.54, 1.807) is 12.1 Å². The van der Waals surface area contributed by atoms with E-state index in [9.17, 15) is 18.0 Å². The van der Waals surface area contributed by atoms with Crippen LogP contribution in [0.3, 0.4) is 0 Å². The number of rotatable bonds is 2. The number of nitrogens with zero attached hydrogens (tertiary/aromatic N) is 3. The van der Waals surface area contributed by atoms with E-state index in [1.807, 2.05) is 0 Å². The fourth-order valence-corrected chi connectivity index (χ4v) is 2.81. The van der Waals surface area contributed by atoms with Gasteiger partial charge in [-0.05, 0) is 36.4 Å². The number of benzene rings is 2. The van der Waals surface area contributed by atoms with Gasteiger partial charge in [0.25, 0.3) is 5.91 Å². The van der Waals surface area contributed by atoms with Gasteiger partial charge in [-0.25, -0.2) is 0 Å². The van der Waals surface area contributed by atoms with Crippen LogP contribution in [0.5, 0.6) is 0 Å². The third kappa shape index (κ3) is 2.32. The van der Waals surface area contributed by atoms with Crippen molar-refractivity contribution in [2.45, 2.75) is 6.18 Å². The van der Waals surface area contributed by atoms with Gasteiger partial charge in [-0.3, -0.25) is 14.6 Å². The average molecular weight is 345 g/mol. The third-order valence-corrected chi connectivity index (χ3v) is 3.96. The van der Waals surface area contributed by atoms with Crippen molar-refractivity contribution in [1.82, 2.24) is 20.0 Å². The Morgan fingerprint density at radius 1 is 1.08 bits per heavy atom. The Hall–Kier alpha value is -3.36. The molecule has 0 unspecified atom stereocenters. The van der Waals surface area contributed by atoms with Gasteiger partial charge in [0.15, 0.2) is 0 Å². The SMILES string of the molecule is NC(=O)c1[nH]n(-c2ccc(C(F)(F)F)cc2)c2c1ccc1nncc12. The molecule has 9 heteroatoms. The van der Waals surface area contributed by atoms with E-state index in [4.69, 9.17) is 5.73 Å². The van der Waals surface area contributed by atoms with Gasteiger partial charge >= 0.3 is 6.18 Å². The molecule has 0 aliphatic carbocycles. The number of carbonyl (C=O) groups is 1. The normalized spacial score (nSPS) is 12.1. The molecule has 0 aliphatic heterocycles. The van der Waals surface area contributed by atoms with Crippen LogP contribution in [0, 0.1) is 0 Å². The van der Waals surface area contributed by atoms with Gasteiger partial charge in [0.05, 0.1) is 28.5 Å². The number of nitrogens with one attached hydrogen (secondary N) is 1. The van der Waals surface area contributed by atoms with Crippen molar-refractivity contribution in [2.75, 3.05) is 0 Å². The van der Waals surface area contributed by atoms with Crippen molar-refractivity contribution >= 4 is 27.7 Å². The van der Waals surface area contributed by atoms with Gasteiger partial charge in [0, 0.05) is 10.8 Å².